The van der Waals surface area contributed by atoms with E-state index in [1.165, 1.54) is 29.2 Å². The van der Waals surface area contributed by atoms with Crippen molar-refractivity contribution < 1.29 is 19.2 Å². The normalized spacial score (nSPS) is 17.3. The summed E-state index contributed by atoms with van der Waals surface area (Å²) in [6.07, 6.45) is 1.07. The van der Waals surface area contributed by atoms with E-state index in [1.54, 1.807) is 24.3 Å². The summed E-state index contributed by atoms with van der Waals surface area (Å²) >= 11 is 5.85. The Labute approximate surface area is 160 Å². The number of imide groups is 1. The number of halogens is 1. The molecule has 140 valence electrons. The Morgan fingerprint density at radius 3 is 2.41 bits per heavy atom. The van der Waals surface area contributed by atoms with Gasteiger partial charge >= 0.3 is 0 Å². The molecule has 1 aliphatic rings. The lowest BCUT2D eigenvalue weighted by Gasteiger charge is -2.23. The molecule has 0 unspecified atom stereocenters. The molecule has 0 N–H and O–H groups in total. The van der Waals surface area contributed by atoms with Gasteiger partial charge in [-0.15, -0.1) is 0 Å². The summed E-state index contributed by atoms with van der Waals surface area (Å²) in [5, 5.41) is 11.2. The minimum Gasteiger partial charge on any atom is -0.481 e. The minimum absolute atomic E-state index is 0.0610. The van der Waals surface area contributed by atoms with Crippen LogP contribution in [0, 0.1) is 10.1 Å². The molecule has 0 saturated carbocycles. The maximum atomic E-state index is 12.9. The number of rotatable bonds is 4. The number of likely N-dealkylation sites (tertiary alicyclic amines) is 1. The lowest BCUT2D eigenvalue weighted by atomic mass is 10.1. The predicted octanol–water partition coefficient (Wildman–Crippen LogP) is 3.85. The first-order chi connectivity index (χ1) is 13.0. The van der Waals surface area contributed by atoms with Crippen LogP contribution in [-0.4, -0.2) is 34.3 Å². The predicted molar refractivity (Wildman–Crippen MR) is 98.9 cm³/mol. The summed E-state index contributed by atoms with van der Waals surface area (Å²) in [4.78, 5) is 37.0. The van der Waals surface area contributed by atoms with Crippen molar-refractivity contribution >= 4 is 29.1 Å². The summed E-state index contributed by atoms with van der Waals surface area (Å²) in [5.41, 5.74) is 0.317. The van der Waals surface area contributed by atoms with E-state index in [9.17, 15) is 19.7 Å². The van der Waals surface area contributed by atoms with Gasteiger partial charge < -0.3 is 4.74 Å². The molecular weight excluding hydrogens is 372 g/mol. The van der Waals surface area contributed by atoms with Crippen LogP contribution in [0.4, 0.5) is 5.69 Å². The molecule has 0 aromatic heterocycles. The van der Waals surface area contributed by atoms with Crippen molar-refractivity contribution in [3.8, 4) is 5.75 Å². The third-order valence-electron chi connectivity index (χ3n) is 4.30. The van der Waals surface area contributed by atoms with Gasteiger partial charge in [-0.3, -0.25) is 24.6 Å². The van der Waals surface area contributed by atoms with Crippen molar-refractivity contribution in [2.75, 3.05) is 6.54 Å². The number of non-ortho nitro benzene ring substituents is 1. The highest BCUT2D eigenvalue weighted by molar-refractivity contribution is 6.30. The number of ether oxygens (including phenoxy) is 1. The molecule has 0 bridgehead atoms. The van der Waals surface area contributed by atoms with E-state index >= 15 is 0 Å². The van der Waals surface area contributed by atoms with E-state index < -0.39 is 22.8 Å². The summed E-state index contributed by atoms with van der Waals surface area (Å²) in [6.45, 7) is 0.320. The van der Waals surface area contributed by atoms with E-state index in [-0.39, 0.29) is 5.69 Å². The zero-order valence-electron chi connectivity index (χ0n) is 14.3. The molecular formula is C19H17ClN2O5. The van der Waals surface area contributed by atoms with Gasteiger partial charge in [0.15, 0.2) is 6.10 Å². The number of hydrogen-bond acceptors (Lipinski definition) is 5. The van der Waals surface area contributed by atoms with Gasteiger partial charge in [-0.1, -0.05) is 11.6 Å². The second-order valence-corrected chi connectivity index (χ2v) is 6.59. The third-order valence-corrected chi connectivity index (χ3v) is 4.55. The molecule has 0 aliphatic carbocycles. The summed E-state index contributed by atoms with van der Waals surface area (Å²) in [6, 6.07) is 11.9. The fourth-order valence-corrected chi connectivity index (χ4v) is 3.00. The van der Waals surface area contributed by atoms with Crippen LogP contribution < -0.4 is 4.74 Å². The van der Waals surface area contributed by atoms with Gasteiger partial charge in [0, 0.05) is 29.3 Å². The highest BCUT2D eigenvalue weighted by atomic mass is 35.5. The van der Waals surface area contributed by atoms with E-state index in [4.69, 9.17) is 16.3 Å². The molecule has 1 saturated heterocycles. The average molecular weight is 389 g/mol. The van der Waals surface area contributed by atoms with Crippen LogP contribution in [0.1, 0.15) is 29.6 Å². The second kappa shape index (κ2) is 8.18. The Bertz CT molecular complexity index is 851. The molecule has 1 aliphatic heterocycles. The van der Waals surface area contributed by atoms with Crippen LogP contribution in [0.3, 0.4) is 0 Å². The summed E-state index contributed by atoms with van der Waals surface area (Å²) in [5.74, 6) is -0.457. The van der Waals surface area contributed by atoms with Crippen molar-refractivity contribution in [2.45, 2.75) is 25.4 Å². The van der Waals surface area contributed by atoms with E-state index in [2.05, 4.69) is 0 Å². The van der Waals surface area contributed by atoms with Crippen molar-refractivity contribution in [3.05, 3.63) is 69.2 Å². The number of benzene rings is 2. The average Bonchev–Trinajstić information content (AvgIpc) is 2.84. The Hall–Kier alpha value is -2.93. The number of hydrogen-bond donors (Lipinski definition) is 0. The van der Waals surface area contributed by atoms with Crippen molar-refractivity contribution in [1.82, 2.24) is 4.90 Å². The van der Waals surface area contributed by atoms with Gasteiger partial charge in [-0.2, -0.15) is 0 Å². The van der Waals surface area contributed by atoms with Gasteiger partial charge in [-0.25, -0.2) is 0 Å². The Morgan fingerprint density at radius 2 is 1.78 bits per heavy atom. The standard InChI is InChI=1S/C19H17ClN2O5/c20-14-6-4-13(5-7-14)18(23)21-12-2-1-3-17(19(21)24)27-16-10-8-15(9-11-16)22(25)26/h4-11,17H,1-3,12H2/t17-/m1/s1. The Balaban J connectivity index is 1.76. The van der Waals surface area contributed by atoms with Gasteiger partial charge in [0.05, 0.1) is 4.92 Å². The van der Waals surface area contributed by atoms with Gasteiger partial charge in [-0.05, 0) is 55.7 Å². The molecule has 8 heteroatoms. The minimum atomic E-state index is -0.815. The number of carbonyl (C=O) groups excluding carboxylic acids is 2. The van der Waals surface area contributed by atoms with Gasteiger partial charge in [0.1, 0.15) is 5.75 Å². The first kappa shape index (κ1) is 18.8. The molecule has 2 aromatic rings. The van der Waals surface area contributed by atoms with Crippen LogP contribution in [0.2, 0.25) is 5.02 Å². The highest BCUT2D eigenvalue weighted by Gasteiger charge is 2.33. The van der Waals surface area contributed by atoms with Crippen LogP contribution in [0.15, 0.2) is 48.5 Å². The number of nitro groups is 1. The number of amides is 2. The maximum absolute atomic E-state index is 12.9. The van der Waals surface area contributed by atoms with Gasteiger partial charge in [0.2, 0.25) is 0 Å². The summed E-state index contributed by atoms with van der Waals surface area (Å²) in [7, 11) is 0. The van der Waals surface area contributed by atoms with E-state index in [0.29, 0.717) is 35.7 Å². The fourth-order valence-electron chi connectivity index (χ4n) is 2.88. The van der Waals surface area contributed by atoms with E-state index in [1.807, 2.05) is 0 Å². The molecule has 1 heterocycles. The molecule has 27 heavy (non-hydrogen) atoms. The second-order valence-electron chi connectivity index (χ2n) is 6.16. The zero-order chi connectivity index (χ0) is 19.4. The monoisotopic (exact) mass is 388 g/mol. The van der Waals surface area contributed by atoms with Crippen LogP contribution in [0.5, 0.6) is 5.75 Å². The molecule has 1 fully saturated rings. The van der Waals surface area contributed by atoms with Crippen molar-refractivity contribution in [3.63, 3.8) is 0 Å². The number of nitro benzene ring substituents is 1. The molecule has 7 nitrogen and oxygen atoms in total. The number of nitrogens with zero attached hydrogens (tertiary/aromatic N) is 2. The Kier molecular flexibility index (Phi) is 5.71. The van der Waals surface area contributed by atoms with Crippen molar-refractivity contribution in [1.29, 1.82) is 0 Å². The van der Waals surface area contributed by atoms with Crippen LogP contribution in [-0.2, 0) is 4.79 Å². The molecule has 2 aromatic carbocycles. The first-order valence-corrected chi connectivity index (χ1v) is 8.86. The molecule has 3 rings (SSSR count). The fraction of sp³-hybridized carbons (Fsp3) is 0.263. The third kappa shape index (κ3) is 4.43. The lowest BCUT2D eigenvalue weighted by Crippen LogP contribution is -2.44. The van der Waals surface area contributed by atoms with Crippen molar-refractivity contribution in [2.24, 2.45) is 0 Å². The first-order valence-electron chi connectivity index (χ1n) is 8.48. The van der Waals surface area contributed by atoms with Crippen LogP contribution >= 0.6 is 11.6 Å². The quantitative estimate of drug-likeness (QED) is 0.451. The zero-order valence-corrected chi connectivity index (χ0v) is 15.1. The SMILES string of the molecule is O=C(c1ccc(Cl)cc1)N1CCCC[C@@H](Oc2ccc([N+](=O)[O-])cc2)C1=O. The number of carbonyl (C=O) groups is 2. The molecule has 2 amide bonds. The summed E-state index contributed by atoms with van der Waals surface area (Å²) < 4.78 is 5.73. The van der Waals surface area contributed by atoms with E-state index in [0.717, 1.165) is 6.42 Å². The molecule has 0 radical (unpaired) electrons. The smallest absolute Gasteiger partial charge is 0.270 e. The van der Waals surface area contributed by atoms with Crippen LogP contribution in [0.25, 0.3) is 0 Å². The largest absolute Gasteiger partial charge is 0.481 e. The Morgan fingerprint density at radius 1 is 1.11 bits per heavy atom. The maximum Gasteiger partial charge on any atom is 0.270 e. The highest BCUT2D eigenvalue weighted by Crippen LogP contribution is 2.23. The topological polar surface area (TPSA) is 89.8 Å². The molecule has 1 atom stereocenters. The lowest BCUT2D eigenvalue weighted by molar-refractivity contribution is -0.384. The van der Waals surface area contributed by atoms with Gasteiger partial charge in [0.25, 0.3) is 17.5 Å². The molecule has 0 spiro atoms.